The fraction of sp³-hybridized carbons (Fsp3) is 0.200. The van der Waals surface area contributed by atoms with Crippen molar-refractivity contribution in [2.24, 2.45) is 0 Å². The Hall–Kier alpha value is -2.75. The number of carbonyl (C=O) groups excluding carboxylic acids is 1. The molecule has 3 aromatic heterocycles. The van der Waals surface area contributed by atoms with Crippen molar-refractivity contribution in [1.29, 1.82) is 0 Å². The predicted molar refractivity (Wildman–Crippen MR) is 118 cm³/mol. The number of halogens is 1. The van der Waals surface area contributed by atoms with Gasteiger partial charge in [-0.25, -0.2) is 9.78 Å². The van der Waals surface area contributed by atoms with Crippen LogP contribution in [-0.4, -0.2) is 20.7 Å². The number of nitrogens with zero attached hydrogens (tertiary/aromatic N) is 3. The van der Waals surface area contributed by atoms with Crippen molar-refractivity contribution in [3.05, 3.63) is 73.5 Å². The highest BCUT2D eigenvalue weighted by molar-refractivity contribution is 7.15. The summed E-state index contributed by atoms with van der Waals surface area (Å²) in [6.07, 6.45) is 2.51. The van der Waals surface area contributed by atoms with E-state index in [0.717, 1.165) is 30.6 Å². The number of aromatic nitrogens is 3. The molecule has 0 aliphatic heterocycles. The second-order valence-corrected chi connectivity index (χ2v) is 9.03. The van der Waals surface area contributed by atoms with Crippen molar-refractivity contribution < 1.29 is 9.21 Å². The van der Waals surface area contributed by atoms with Crippen molar-refractivity contribution in [3.63, 3.8) is 0 Å². The van der Waals surface area contributed by atoms with E-state index in [2.05, 4.69) is 15.4 Å². The average molecular weight is 461 g/mol. The van der Waals surface area contributed by atoms with Gasteiger partial charge in [0, 0.05) is 28.9 Å². The Labute approximate surface area is 185 Å². The lowest BCUT2D eigenvalue weighted by Crippen LogP contribution is -2.20. The van der Waals surface area contributed by atoms with Crippen molar-refractivity contribution in [2.45, 2.75) is 26.3 Å². The first-order chi connectivity index (χ1) is 14.5. The Bertz CT molecular complexity index is 1230. The molecular weight excluding hydrogens is 444 g/mol. The van der Waals surface area contributed by atoms with E-state index in [4.69, 9.17) is 16.0 Å². The largest absolute Gasteiger partial charge is 0.437 e. The Kier molecular flexibility index (Phi) is 6.12. The minimum Gasteiger partial charge on any atom is -0.387 e. The van der Waals surface area contributed by atoms with Gasteiger partial charge in [-0.3, -0.25) is 4.79 Å². The number of hydrogen-bond acceptors (Lipinski definition) is 7. The number of carbonyl (C=O) groups is 1. The van der Waals surface area contributed by atoms with Gasteiger partial charge >= 0.3 is 5.76 Å². The van der Waals surface area contributed by atoms with Gasteiger partial charge in [-0.05, 0) is 35.6 Å². The summed E-state index contributed by atoms with van der Waals surface area (Å²) in [5.41, 5.74) is 2.12. The Morgan fingerprint density at radius 3 is 2.97 bits per heavy atom. The fourth-order valence-electron chi connectivity index (χ4n) is 2.73. The van der Waals surface area contributed by atoms with E-state index in [-0.39, 0.29) is 24.8 Å². The standard InChI is InChI=1S/C20H17ClN4O3S2/c1-12-4-5-13(10-15(12)21)9-14-11-22-19(30-14)23-17(26)6-7-25-20(27)28-18(24-25)16-3-2-8-29-16/h2-5,8,10-11H,6-7,9H2,1H3,(H,22,23,26). The lowest BCUT2D eigenvalue weighted by atomic mass is 10.1. The predicted octanol–water partition coefficient (Wildman–Crippen LogP) is 4.60. The minimum absolute atomic E-state index is 0.0821. The van der Waals surface area contributed by atoms with Crippen molar-refractivity contribution >= 4 is 45.3 Å². The highest BCUT2D eigenvalue weighted by Gasteiger charge is 2.13. The van der Waals surface area contributed by atoms with Crippen LogP contribution in [0, 0.1) is 6.92 Å². The van der Waals surface area contributed by atoms with Crippen LogP contribution in [0.2, 0.25) is 5.02 Å². The molecule has 0 saturated heterocycles. The number of thiophene rings is 1. The molecule has 0 bridgehead atoms. The molecule has 154 valence electrons. The number of rotatable bonds is 7. The zero-order valence-corrected chi connectivity index (χ0v) is 18.3. The molecule has 0 aliphatic rings. The third kappa shape index (κ3) is 4.86. The molecule has 0 fully saturated rings. The second-order valence-electron chi connectivity index (χ2n) is 6.56. The normalized spacial score (nSPS) is 11.0. The number of thiazole rings is 1. The molecule has 4 rings (SSSR count). The van der Waals surface area contributed by atoms with Gasteiger partial charge in [0.15, 0.2) is 5.13 Å². The quantitative estimate of drug-likeness (QED) is 0.435. The first kappa shape index (κ1) is 20.5. The van der Waals surface area contributed by atoms with E-state index in [1.807, 2.05) is 42.6 Å². The zero-order valence-electron chi connectivity index (χ0n) is 15.9. The third-order valence-electron chi connectivity index (χ3n) is 4.30. The third-order valence-corrected chi connectivity index (χ3v) is 6.48. The smallest absolute Gasteiger partial charge is 0.387 e. The maximum atomic E-state index is 12.2. The molecule has 0 spiro atoms. The molecule has 30 heavy (non-hydrogen) atoms. The van der Waals surface area contributed by atoms with E-state index < -0.39 is 5.76 Å². The Balaban J connectivity index is 1.33. The minimum atomic E-state index is -0.584. The van der Waals surface area contributed by atoms with E-state index in [1.165, 1.54) is 22.7 Å². The number of hydrogen-bond donors (Lipinski definition) is 1. The molecule has 4 aromatic rings. The summed E-state index contributed by atoms with van der Waals surface area (Å²) >= 11 is 9.01. The summed E-state index contributed by atoms with van der Waals surface area (Å²) in [6, 6.07) is 9.62. The van der Waals surface area contributed by atoms with Crippen LogP contribution in [-0.2, 0) is 17.8 Å². The summed E-state index contributed by atoms with van der Waals surface area (Å²) in [5.74, 6) is -0.572. The lowest BCUT2D eigenvalue weighted by Gasteiger charge is -2.02. The van der Waals surface area contributed by atoms with Crippen LogP contribution in [0.3, 0.4) is 0 Å². The topological polar surface area (TPSA) is 90.0 Å². The van der Waals surface area contributed by atoms with Crippen LogP contribution in [0.5, 0.6) is 0 Å². The van der Waals surface area contributed by atoms with Gasteiger partial charge in [0.25, 0.3) is 5.89 Å². The SMILES string of the molecule is Cc1ccc(Cc2cnc(NC(=O)CCn3nc(-c4cccs4)oc3=O)s2)cc1Cl. The molecule has 1 N–H and O–H groups in total. The summed E-state index contributed by atoms with van der Waals surface area (Å²) in [6.45, 7) is 2.09. The average Bonchev–Trinajstić information content (AvgIpc) is 3.45. The maximum Gasteiger partial charge on any atom is 0.437 e. The van der Waals surface area contributed by atoms with Gasteiger partial charge in [-0.2, -0.15) is 4.68 Å². The molecule has 0 atom stereocenters. The van der Waals surface area contributed by atoms with Crippen molar-refractivity contribution in [3.8, 4) is 10.8 Å². The van der Waals surface area contributed by atoms with Crippen LogP contribution in [0.15, 0.2) is 51.1 Å². The molecular formula is C20H17ClN4O3S2. The highest BCUT2D eigenvalue weighted by Crippen LogP contribution is 2.24. The van der Waals surface area contributed by atoms with E-state index in [9.17, 15) is 9.59 Å². The zero-order chi connectivity index (χ0) is 21.1. The number of benzene rings is 1. The molecule has 0 unspecified atom stereocenters. The highest BCUT2D eigenvalue weighted by atomic mass is 35.5. The van der Waals surface area contributed by atoms with Crippen molar-refractivity contribution in [1.82, 2.24) is 14.8 Å². The summed E-state index contributed by atoms with van der Waals surface area (Å²) in [7, 11) is 0. The van der Waals surface area contributed by atoms with Gasteiger partial charge in [-0.15, -0.1) is 27.8 Å². The summed E-state index contributed by atoms with van der Waals surface area (Å²) in [4.78, 5) is 30.2. The fourth-order valence-corrected chi connectivity index (χ4v) is 4.44. The van der Waals surface area contributed by atoms with Gasteiger partial charge < -0.3 is 9.73 Å². The molecule has 1 aromatic carbocycles. The summed E-state index contributed by atoms with van der Waals surface area (Å²) < 4.78 is 6.30. The molecule has 0 radical (unpaired) electrons. The number of anilines is 1. The molecule has 0 saturated carbocycles. The second kappa shape index (κ2) is 8.95. The molecule has 7 nitrogen and oxygen atoms in total. The van der Waals surface area contributed by atoms with E-state index in [0.29, 0.717) is 11.6 Å². The summed E-state index contributed by atoms with van der Waals surface area (Å²) in [5, 5.41) is 10.0. The molecule has 3 heterocycles. The Morgan fingerprint density at radius 1 is 1.33 bits per heavy atom. The van der Waals surface area contributed by atoms with Crippen LogP contribution in [0.25, 0.3) is 10.8 Å². The first-order valence-electron chi connectivity index (χ1n) is 9.09. The van der Waals surface area contributed by atoms with Gasteiger partial charge in [-0.1, -0.05) is 29.8 Å². The lowest BCUT2D eigenvalue weighted by molar-refractivity contribution is -0.116. The van der Waals surface area contributed by atoms with Gasteiger partial charge in [0.2, 0.25) is 5.91 Å². The maximum absolute atomic E-state index is 12.2. The molecule has 1 amide bonds. The van der Waals surface area contributed by atoms with E-state index >= 15 is 0 Å². The Morgan fingerprint density at radius 2 is 2.20 bits per heavy atom. The monoisotopic (exact) mass is 460 g/mol. The molecule has 0 aliphatic carbocycles. The number of nitrogens with one attached hydrogen (secondary N) is 1. The number of amides is 1. The van der Waals surface area contributed by atoms with Crippen LogP contribution in [0.1, 0.15) is 22.4 Å². The van der Waals surface area contributed by atoms with Gasteiger partial charge in [0.1, 0.15) is 0 Å². The van der Waals surface area contributed by atoms with Crippen LogP contribution >= 0.6 is 34.3 Å². The van der Waals surface area contributed by atoms with Gasteiger partial charge in [0.05, 0.1) is 11.4 Å². The van der Waals surface area contributed by atoms with E-state index in [1.54, 1.807) is 6.20 Å². The molecule has 10 heteroatoms. The van der Waals surface area contributed by atoms with Crippen LogP contribution < -0.4 is 11.1 Å². The number of aryl methyl sites for hydroxylation is 2. The van der Waals surface area contributed by atoms with Crippen LogP contribution in [0.4, 0.5) is 5.13 Å². The first-order valence-corrected chi connectivity index (χ1v) is 11.2. The van der Waals surface area contributed by atoms with Crippen molar-refractivity contribution in [2.75, 3.05) is 5.32 Å².